The molecule has 0 aromatic heterocycles. The van der Waals surface area contributed by atoms with E-state index in [1.165, 1.54) is 11.9 Å². The predicted molar refractivity (Wildman–Crippen MR) is 48.4 cm³/mol. The van der Waals surface area contributed by atoms with E-state index in [9.17, 15) is 0 Å². The summed E-state index contributed by atoms with van der Waals surface area (Å²) in [7, 11) is 2.12. The van der Waals surface area contributed by atoms with Crippen LogP contribution in [0.5, 0.6) is 0 Å². The third-order valence-corrected chi connectivity index (χ3v) is 2.22. The molecule has 0 amide bonds. The van der Waals surface area contributed by atoms with Crippen molar-refractivity contribution in [1.82, 2.24) is 5.23 Å². The van der Waals surface area contributed by atoms with Crippen molar-refractivity contribution < 1.29 is 0 Å². The first-order valence-electron chi connectivity index (χ1n) is 4.02. The topological polar surface area (TPSA) is 12.0 Å². The van der Waals surface area contributed by atoms with E-state index in [0.29, 0.717) is 0 Å². The standard InChI is InChI=1S/C7H14B2N/c1-4-7-6(2)8-10-5-9(7)3/h10H,4-5H2,1-3H3. The highest BCUT2D eigenvalue weighted by Gasteiger charge is 2.18. The predicted octanol–water partition coefficient (Wildman–Crippen LogP) is 1.10. The van der Waals surface area contributed by atoms with Gasteiger partial charge in [0.2, 0.25) is 7.41 Å². The van der Waals surface area contributed by atoms with Crippen molar-refractivity contribution in [2.75, 3.05) is 6.44 Å². The lowest BCUT2D eigenvalue weighted by atomic mass is 9.40. The minimum atomic E-state index is 0.731. The molecule has 0 aromatic carbocycles. The SMILES string of the molecule is CCC1=C(C)[B]NCB1C. The Kier molecular flexibility index (Phi) is 2.61. The van der Waals surface area contributed by atoms with Crippen molar-refractivity contribution in [3.63, 3.8) is 0 Å². The first-order valence-corrected chi connectivity index (χ1v) is 4.02. The van der Waals surface area contributed by atoms with Crippen molar-refractivity contribution in [3.8, 4) is 0 Å². The van der Waals surface area contributed by atoms with Crippen LogP contribution in [0.1, 0.15) is 20.3 Å². The van der Waals surface area contributed by atoms with Gasteiger partial charge >= 0.3 is 0 Å². The van der Waals surface area contributed by atoms with E-state index in [1.54, 1.807) is 5.47 Å². The van der Waals surface area contributed by atoms with Crippen LogP contribution in [-0.2, 0) is 0 Å². The van der Waals surface area contributed by atoms with Gasteiger partial charge in [0.05, 0.1) is 0 Å². The van der Waals surface area contributed by atoms with Gasteiger partial charge in [0.15, 0.2) is 6.71 Å². The molecule has 10 heavy (non-hydrogen) atoms. The quantitative estimate of drug-likeness (QED) is 0.529. The number of rotatable bonds is 1. The highest BCUT2D eigenvalue weighted by Crippen LogP contribution is 2.13. The van der Waals surface area contributed by atoms with Gasteiger partial charge in [-0.15, -0.1) is 10.9 Å². The lowest BCUT2D eigenvalue weighted by molar-refractivity contribution is 1.07. The molecule has 3 heteroatoms. The molecule has 0 bridgehead atoms. The molecule has 0 spiro atoms. The fraction of sp³-hybridized carbons (Fsp3) is 0.714. The van der Waals surface area contributed by atoms with Gasteiger partial charge in [0.25, 0.3) is 0 Å². The van der Waals surface area contributed by atoms with Gasteiger partial charge in [-0.2, -0.15) is 0 Å². The van der Waals surface area contributed by atoms with Crippen molar-refractivity contribution in [3.05, 3.63) is 10.9 Å². The summed E-state index contributed by atoms with van der Waals surface area (Å²) in [6.45, 7) is 7.42. The Bertz CT molecular complexity index is 154. The lowest BCUT2D eigenvalue weighted by Crippen LogP contribution is -2.39. The molecule has 1 rings (SSSR count). The van der Waals surface area contributed by atoms with Crippen molar-refractivity contribution in [2.24, 2.45) is 0 Å². The van der Waals surface area contributed by atoms with E-state index in [0.717, 1.165) is 13.2 Å². The molecule has 0 fully saturated rings. The Morgan fingerprint density at radius 1 is 1.70 bits per heavy atom. The molecular formula is C7H14B2N. The van der Waals surface area contributed by atoms with Crippen LogP contribution in [0, 0.1) is 0 Å². The van der Waals surface area contributed by atoms with E-state index in [2.05, 4.69) is 33.3 Å². The molecule has 0 aliphatic carbocycles. The minimum absolute atomic E-state index is 0.731. The number of hydrogen-bond acceptors (Lipinski definition) is 1. The molecule has 0 saturated carbocycles. The summed E-state index contributed by atoms with van der Waals surface area (Å²) in [6.07, 6.45) is 2.31. The van der Waals surface area contributed by atoms with Crippen LogP contribution in [0.2, 0.25) is 6.82 Å². The average molecular weight is 134 g/mol. The van der Waals surface area contributed by atoms with Crippen molar-refractivity contribution in [1.29, 1.82) is 0 Å². The Hall–Kier alpha value is -0.170. The summed E-state index contributed by atoms with van der Waals surface area (Å²) in [5, 5.41) is 3.27. The Labute approximate surface area is 64.6 Å². The normalized spacial score (nSPS) is 19.3. The zero-order valence-corrected chi connectivity index (χ0v) is 7.07. The highest BCUT2D eigenvalue weighted by atomic mass is 14.7. The molecule has 0 atom stereocenters. The second-order valence-electron chi connectivity index (χ2n) is 3.02. The van der Waals surface area contributed by atoms with E-state index in [-0.39, 0.29) is 0 Å². The Morgan fingerprint density at radius 2 is 2.40 bits per heavy atom. The van der Waals surface area contributed by atoms with Gasteiger partial charge in [0, 0.05) is 0 Å². The third kappa shape index (κ3) is 1.46. The van der Waals surface area contributed by atoms with Gasteiger partial charge in [0.1, 0.15) is 0 Å². The maximum atomic E-state index is 3.27. The van der Waals surface area contributed by atoms with Crippen LogP contribution in [0.4, 0.5) is 0 Å². The molecule has 1 N–H and O–H groups in total. The summed E-state index contributed by atoms with van der Waals surface area (Å²) in [5.41, 5.74) is 3.04. The van der Waals surface area contributed by atoms with Crippen molar-refractivity contribution >= 4 is 14.1 Å². The monoisotopic (exact) mass is 134 g/mol. The molecule has 0 saturated heterocycles. The van der Waals surface area contributed by atoms with Crippen LogP contribution in [0.15, 0.2) is 10.9 Å². The molecule has 0 aromatic rings. The van der Waals surface area contributed by atoms with Gasteiger partial charge in [-0.25, -0.2) is 0 Å². The Morgan fingerprint density at radius 3 is 2.80 bits per heavy atom. The molecular weight excluding hydrogens is 120 g/mol. The maximum Gasteiger partial charge on any atom is 0.238 e. The number of allylic oxidation sites excluding steroid dienone is 2. The number of hydrogen-bond donors (Lipinski definition) is 1. The molecule has 1 aliphatic heterocycles. The van der Waals surface area contributed by atoms with E-state index in [1.807, 2.05) is 0 Å². The molecule has 0 unspecified atom stereocenters. The van der Waals surface area contributed by atoms with Crippen LogP contribution in [-0.4, -0.2) is 20.6 Å². The van der Waals surface area contributed by atoms with Gasteiger partial charge in [-0.1, -0.05) is 20.7 Å². The summed E-state index contributed by atoms with van der Waals surface area (Å²) in [6, 6.07) is 0. The molecule has 1 aliphatic rings. The summed E-state index contributed by atoms with van der Waals surface area (Å²) in [4.78, 5) is 0. The van der Waals surface area contributed by atoms with Crippen LogP contribution < -0.4 is 5.23 Å². The minimum Gasteiger partial charge on any atom is -0.362 e. The maximum absolute atomic E-state index is 3.27. The summed E-state index contributed by atoms with van der Waals surface area (Å²) < 4.78 is 0. The highest BCUT2D eigenvalue weighted by molar-refractivity contribution is 6.70. The average Bonchev–Trinajstić information content (AvgIpc) is 1.88. The molecule has 53 valence electrons. The van der Waals surface area contributed by atoms with Gasteiger partial charge in [-0.3, -0.25) is 0 Å². The summed E-state index contributed by atoms with van der Waals surface area (Å²) in [5.74, 6) is 0. The van der Waals surface area contributed by atoms with E-state index < -0.39 is 0 Å². The van der Waals surface area contributed by atoms with Crippen LogP contribution in [0.3, 0.4) is 0 Å². The third-order valence-electron chi connectivity index (χ3n) is 2.22. The van der Waals surface area contributed by atoms with Crippen LogP contribution in [0.25, 0.3) is 0 Å². The van der Waals surface area contributed by atoms with Crippen molar-refractivity contribution in [2.45, 2.75) is 27.1 Å². The second-order valence-corrected chi connectivity index (χ2v) is 3.02. The van der Waals surface area contributed by atoms with Gasteiger partial charge in [-0.05, 0) is 12.9 Å². The smallest absolute Gasteiger partial charge is 0.238 e. The fourth-order valence-electron chi connectivity index (χ4n) is 1.62. The molecule has 1 heterocycles. The summed E-state index contributed by atoms with van der Waals surface area (Å²) >= 11 is 0. The second kappa shape index (κ2) is 3.29. The van der Waals surface area contributed by atoms with Gasteiger partial charge < -0.3 is 5.23 Å². The molecule has 1 nitrogen and oxygen atoms in total. The zero-order chi connectivity index (χ0) is 7.56. The first-order chi connectivity index (χ1) is 4.75. The fourth-order valence-corrected chi connectivity index (χ4v) is 1.62. The number of nitrogens with one attached hydrogen (secondary N) is 1. The van der Waals surface area contributed by atoms with E-state index >= 15 is 0 Å². The Balaban J connectivity index is 2.73. The zero-order valence-electron chi connectivity index (χ0n) is 7.07. The lowest BCUT2D eigenvalue weighted by Gasteiger charge is -2.21. The molecule has 1 radical (unpaired) electrons. The first kappa shape index (κ1) is 7.93. The largest absolute Gasteiger partial charge is 0.362 e. The van der Waals surface area contributed by atoms with E-state index in [4.69, 9.17) is 0 Å². The van der Waals surface area contributed by atoms with Crippen LogP contribution >= 0.6 is 0 Å².